The SMILES string of the molecule is COCCN(C)C(=O)OC[C@H](C)/C=C/C=C(\C)[C@H]1OC(=O)C[C@H](O)CC[C@@](C)(O)[C@@H](OC(C)=O)/C=C/[C@@H]1C. The van der Waals surface area contributed by atoms with Gasteiger partial charge in [-0.25, -0.2) is 4.79 Å². The van der Waals surface area contributed by atoms with E-state index < -0.39 is 41.9 Å². The highest BCUT2D eigenvalue weighted by Gasteiger charge is 2.35. The van der Waals surface area contributed by atoms with Gasteiger partial charge in [0.25, 0.3) is 0 Å². The van der Waals surface area contributed by atoms with E-state index in [1.807, 2.05) is 39.0 Å². The predicted molar refractivity (Wildman–Crippen MR) is 142 cm³/mol. The Morgan fingerprint density at radius 2 is 2.00 bits per heavy atom. The van der Waals surface area contributed by atoms with Crippen LogP contribution in [0.5, 0.6) is 0 Å². The van der Waals surface area contributed by atoms with Crippen LogP contribution in [0.1, 0.15) is 53.9 Å². The number of aliphatic hydroxyl groups is 2. The highest BCUT2D eigenvalue weighted by Crippen LogP contribution is 2.27. The molecule has 0 fully saturated rings. The van der Waals surface area contributed by atoms with E-state index >= 15 is 0 Å². The molecule has 1 aliphatic heterocycles. The number of allylic oxidation sites excluding steroid dienone is 2. The molecule has 0 aromatic carbocycles. The summed E-state index contributed by atoms with van der Waals surface area (Å²) in [6.45, 7) is 9.44. The van der Waals surface area contributed by atoms with Crippen LogP contribution in [0.25, 0.3) is 0 Å². The second kappa shape index (κ2) is 16.3. The third kappa shape index (κ3) is 12.2. The Bertz CT molecular complexity index is 864. The Hall–Kier alpha value is -2.69. The van der Waals surface area contributed by atoms with Crippen LogP contribution >= 0.6 is 0 Å². The van der Waals surface area contributed by atoms with Gasteiger partial charge in [-0.3, -0.25) is 9.59 Å². The van der Waals surface area contributed by atoms with Gasteiger partial charge in [0.1, 0.15) is 17.8 Å². The zero-order chi connectivity index (χ0) is 28.9. The maximum absolute atomic E-state index is 12.5. The largest absolute Gasteiger partial charge is 0.457 e. The Balaban J connectivity index is 2.99. The minimum absolute atomic E-state index is 0.0585. The molecule has 0 saturated carbocycles. The fourth-order valence-electron chi connectivity index (χ4n) is 3.81. The number of ether oxygens (including phenoxy) is 4. The lowest BCUT2D eigenvalue weighted by Crippen LogP contribution is -2.42. The van der Waals surface area contributed by atoms with Crippen LogP contribution in [-0.2, 0) is 28.5 Å². The molecule has 216 valence electrons. The first kappa shape index (κ1) is 33.3. The summed E-state index contributed by atoms with van der Waals surface area (Å²) in [6, 6.07) is 0. The third-order valence-corrected chi connectivity index (χ3v) is 6.28. The summed E-state index contributed by atoms with van der Waals surface area (Å²) in [6.07, 6.45) is 5.89. The summed E-state index contributed by atoms with van der Waals surface area (Å²) in [5, 5.41) is 21.2. The molecule has 0 saturated heterocycles. The van der Waals surface area contributed by atoms with Crippen LogP contribution in [0.3, 0.4) is 0 Å². The van der Waals surface area contributed by atoms with Gasteiger partial charge in [0.05, 0.1) is 25.7 Å². The number of methoxy groups -OCH3 is 1. The molecule has 0 aromatic rings. The van der Waals surface area contributed by atoms with Crippen molar-refractivity contribution in [1.29, 1.82) is 0 Å². The van der Waals surface area contributed by atoms with Gasteiger partial charge in [-0.05, 0) is 38.3 Å². The first-order valence-corrected chi connectivity index (χ1v) is 12.9. The van der Waals surface area contributed by atoms with Crippen molar-refractivity contribution in [2.24, 2.45) is 11.8 Å². The fraction of sp³-hybridized carbons (Fsp3) is 0.679. The van der Waals surface area contributed by atoms with Crippen molar-refractivity contribution in [3.8, 4) is 0 Å². The van der Waals surface area contributed by atoms with Crippen LogP contribution in [0.15, 0.2) is 36.0 Å². The lowest BCUT2D eigenvalue weighted by molar-refractivity contribution is -0.157. The third-order valence-electron chi connectivity index (χ3n) is 6.28. The molecule has 1 amide bonds. The number of amides is 1. The molecule has 0 radical (unpaired) electrons. The number of aliphatic hydroxyl groups excluding tert-OH is 1. The lowest BCUT2D eigenvalue weighted by Gasteiger charge is -2.32. The summed E-state index contributed by atoms with van der Waals surface area (Å²) in [5.74, 6) is -1.47. The minimum Gasteiger partial charge on any atom is -0.457 e. The quantitative estimate of drug-likeness (QED) is 0.196. The summed E-state index contributed by atoms with van der Waals surface area (Å²) >= 11 is 0. The molecule has 10 nitrogen and oxygen atoms in total. The average molecular weight is 540 g/mol. The summed E-state index contributed by atoms with van der Waals surface area (Å²) < 4.78 is 21.3. The maximum Gasteiger partial charge on any atom is 0.409 e. The van der Waals surface area contributed by atoms with E-state index in [9.17, 15) is 24.6 Å². The van der Waals surface area contributed by atoms with Gasteiger partial charge in [-0.2, -0.15) is 0 Å². The summed E-state index contributed by atoms with van der Waals surface area (Å²) in [7, 11) is 3.21. The van der Waals surface area contributed by atoms with Gasteiger partial charge in [0.2, 0.25) is 0 Å². The van der Waals surface area contributed by atoms with E-state index in [2.05, 4.69) is 0 Å². The van der Waals surface area contributed by atoms with Gasteiger partial charge < -0.3 is 34.1 Å². The number of carbonyl (C=O) groups excluding carboxylic acids is 3. The molecule has 6 atom stereocenters. The Kier molecular flexibility index (Phi) is 14.3. The van der Waals surface area contributed by atoms with Crippen molar-refractivity contribution < 1.29 is 43.5 Å². The van der Waals surface area contributed by atoms with Crippen LogP contribution < -0.4 is 0 Å². The van der Waals surface area contributed by atoms with Crippen LogP contribution in [-0.4, -0.2) is 91.0 Å². The fourth-order valence-corrected chi connectivity index (χ4v) is 3.81. The number of cyclic esters (lactones) is 1. The van der Waals surface area contributed by atoms with Gasteiger partial charge >= 0.3 is 18.0 Å². The van der Waals surface area contributed by atoms with Crippen molar-refractivity contribution in [2.45, 2.75) is 77.8 Å². The normalized spacial score (nSPS) is 29.0. The highest BCUT2D eigenvalue weighted by atomic mass is 16.6. The van der Waals surface area contributed by atoms with E-state index in [1.54, 1.807) is 26.3 Å². The van der Waals surface area contributed by atoms with E-state index in [0.29, 0.717) is 13.2 Å². The Morgan fingerprint density at radius 1 is 1.32 bits per heavy atom. The van der Waals surface area contributed by atoms with Crippen molar-refractivity contribution in [3.63, 3.8) is 0 Å². The molecule has 0 aromatic heterocycles. The monoisotopic (exact) mass is 539 g/mol. The molecule has 1 heterocycles. The molecule has 1 aliphatic rings. The number of carbonyl (C=O) groups is 3. The zero-order valence-corrected chi connectivity index (χ0v) is 23.7. The van der Waals surface area contributed by atoms with Crippen molar-refractivity contribution in [2.75, 3.05) is 33.9 Å². The molecule has 0 aliphatic carbocycles. The van der Waals surface area contributed by atoms with Crippen molar-refractivity contribution in [1.82, 2.24) is 4.90 Å². The number of nitrogens with zero attached hydrogens (tertiary/aromatic N) is 1. The molecule has 2 N–H and O–H groups in total. The van der Waals surface area contributed by atoms with Crippen molar-refractivity contribution in [3.05, 3.63) is 36.0 Å². The molecular formula is C28H45NO9. The van der Waals surface area contributed by atoms with Crippen LogP contribution in [0, 0.1) is 11.8 Å². The molecule has 0 spiro atoms. The van der Waals surface area contributed by atoms with Gasteiger partial charge in [-0.15, -0.1) is 0 Å². The number of esters is 2. The maximum atomic E-state index is 12.5. The minimum atomic E-state index is -1.42. The smallest absolute Gasteiger partial charge is 0.409 e. The van der Waals surface area contributed by atoms with E-state index in [4.69, 9.17) is 18.9 Å². The van der Waals surface area contributed by atoms with Gasteiger partial charge in [0, 0.05) is 39.5 Å². The molecule has 38 heavy (non-hydrogen) atoms. The zero-order valence-electron chi connectivity index (χ0n) is 23.7. The molecule has 10 heteroatoms. The van der Waals surface area contributed by atoms with Gasteiger partial charge in [0.15, 0.2) is 0 Å². The molecule has 1 rings (SSSR count). The topological polar surface area (TPSA) is 132 Å². The van der Waals surface area contributed by atoms with Crippen molar-refractivity contribution >= 4 is 18.0 Å². The lowest BCUT2D eigenvalue weighted by atomic mass is 9.88. The Morgan fingerprint density at radius 3 is 2.63 bits per heavy atom. The van der Waals surface area contributed by atoms with Gasteiger partial charge in [-0.1, -0.05) is 38.2 Å². The predicted octanol–water partition coefficient (Wildman–Crippen LogP) is 3.17. The van der Waals surface area contributed by atoms with Crippen LogP contribution in [0.2, 0.25) is 0 Å². The summed E-state index contributed by atoms with van der Waals surface area (Å²) in [4.78, 5) is 37.6. The van der Waals surface area contributed by atoms with E-state index in [1.165, 1.54) is 18.7 Å². The second-order valence-electron chi connectivity index (χ2n) is 10.2. The standard InChI is InChI=1S/C28H45NO9/c1-19(18-36-27(33)29(6)15-16-35-7)9-8-10-20(2)26-21(3)11-12-24(37-22(4)30)28(5,34)14-13-23(31)17-25(32)38-26/h8-12,19,21,23-24,26,31,34H,13-18H2,1-7H3/b9-8+,12-11+,20-10+/t19-,21+,23-,24+,26-,28-/m1/s1. The number of rotatable bonds is 9. The molecular weight excluding hydrogens is 494 g/mol. The van der Waals surface area contributed by atoms with E-state index in [-0.39, 0.29) is 37.7 Å². The molecule has 0 unspecified atom stereocenters. The summed E-state index contributed by atoms with van der Waals surface area (Å²) in [5.41, 5.74) is -0.676. The molecule has 0 bridgehead atoms. The first-order chi connectivity index (χ1) is 17.8. The van der Waals surface area contributed by atoms with Crippen LogP contribution in [0.4, 0.5) is 4.79 Å². The number of hydrogen-bond donors (Lipinski definition) is 2. The number of likely N-dealkylation sites (N-methyl/N-ethyl adjacent to an activating group) is 1. The first-order valence-electron chi connectivity index (χ1n) is 12.9. The Labute approximate surface area is 226 Å². The second-order valence-corrected chi connectivity index (χ2v) is 10.2. The van der Waals surface area contributed by atoms with E-state index in [0.717, 1.165) is 5.57 Å². The highest BCUT2D eigenvalue weighted by molar-refractivity contribution is 5.70. The average Bonchev–Trinajstić information content (AvgIpc) is 2.84. The number of hydrogen-bond acceptors (Lipinski definition) is 9.